The molecule has 126 valence electrons. The topological polar surface area (TPSA) is 67.8 Å². The van der Waals surface area contributed by atoms with E-state index in [0.29, 0.717) is 16.3 Å². The molecule has 5 nitrogen and oxygen atoms in total. The Labute approximate surface area is 158 Å². The maximum atomic E-state index is 11.0. The lowest BCUT2D eigenvalue weighted by Crippen LogP contribution is -2.37. The van der Waals surface area contributed by atoms with Gasteiger partial charge >= 0.3 is 6.16 Å². The second kappa shape index (κ2) is 6.33. The predicted octanol–water partition coefficient (Wildman–Crippen LogP) is 4.69. The van der Waals surface area contributed by atoms with Crippen LogP contribution < -0.4 is 5.32 Å². The summed E-state index contributed by atoms with van der Waals surface area (Å²) in [7, 11) is 0. The molecule has 7 heteroatoms. The van der Waals surface area contributed by atoms with Gasteiger partial charge in [0.05, 0.1) is 21.5 Å². The maximum absolute atomic E-state index is 11.0. The van der Waals surface area contributed by atoms with Crippen molar-refractivity contribution >= 4 is 40.3 Å². The third-order valence-corrected chi connectivity index (χ3v) is 5.22. The van der Waals surface area contributed by atoms with Crippen molar-refractivity contribution in [2.24, 2.45) is 0 Å². The average Bonchev–Trinajstić information content (AvgIpc) is 2.91. The maximum Gasteiger partial charge on any atom is 0.511 e. The first kappa shape index (κ1) is 17.2. The molecule has 2 aliphatic heterocycles. The third kappa shape index (κ3) is 2.67. The van der Waals surface area contributed by atoms with Crippen molar-refractivity contribution in [1.82, 2.24) is 5.32 Å². The van der Waals surface area contributed by atoms with Crippen LogP contribution in [0.3, 0.4) is 0 Å². The second-order valence-corrected chi connectivity index (χ2v) is 7.84. The molecule has 1 aromatic rings. The molecule has 2 aliphatic rings. The van der Waals surface area contributed by atoms with E-state index < -0.39 is 11.8 Å². The lowest BCUT2D eigenvalue weighted by Gasteiger charge is -2.35. The fourth-order valence-electron chi connectivity index (χ4n) is 2.97. The first-order chi connectivity index (χ1) is 11.4. The normalized spacial score (nSPS) is 23.5. The lowest BCUT2D eigenvalue weighted by atomic mass is 9.80. The predicted molar refractivity (Wildman–Crippen MR) is 98.8 cm³/mol. The molecule has 0 saturated heterocycles. The summed E-state index contributed by atoms with van der Waals surface area (Å²) >= 11 is 8.31. The molecule has 3 rings (SSSR count). The van der Waals surface area contributed by atoms with Gasteiger partial charge in [-0.25, -0.2) is 4.79 Å². The Kier molecular flexibility index (Phi) is 4.52. The standard InChI is InChI=1S/C17H15ClINO4/c1-9-15(24-16(21)22)13-8-23-17(10(2)19,14(13)7-20-9)11-3-5-12(18)6-4-11/h3-8,10,20H,1-2H3,(H,21,22). The van der Waals surface area contributed by atoms with Crippen LogP contribution in [-0.2, 0) is 15.1 Å². The van der Waals surface area contributed by atoms with Gasteiger partial charge in [0, 0.05) is 22.4 Å². The van der Waals surface area contributed by atoms with E-state index in [1.807, 2.05) is 37.4 Å². The van der Waals surface area contributed by atoms with Crippen molar-refractivity contribution in [2.75, 3.05) is 0 Å². The van der Waals surface area contributed by atoms with Crippen molar-refractivity contribution in [2.45, 2.75) is 23.4 Å². The van der Waals surface area contributed by atoms with Crippen LogP contribution in [0.4, 0.5) is 4.79 Å². The number of halogens is 2. The van der Waals surface area contributed by atoms with Crippen molar-refractivity contribution in [3.63, 3.8) is 0 Å². The molecule has 0 saturated carbocycles. The van der Waals surface area contributed by atoms with E-state index in [9.17, 15) is 4.79 Å². The molecular formula is C17H15ClINO4. The van der Waals surface area contributed by atoms with Gasteiger partial charge in [0.2, 0.25) is 0 Å². The van der Waals surface area contributed by atoms with E-state index >= 15 is 0 Å². The highest BCUT2D eigenvalue weighted by Gasteiger charge is 2.49. The zero-order valence-electron chi connectivity index (χ0n) is 13.0. The fraction of sp³-hybridized carbons (Fsp3) is 0.235. The van der Waals surface area contributed by atoms with E-state index in [2.05, 4.69) is 27.9 Å². The molecule has 2 unspecified atom stereocenters. The van der Waals surface area contributed by atoms with Crippen LogP contribution in [0.5, 0.6) is 0 Å². The summed E-state index contributed by atoms with van der Waals surface area (Å²) in [6, 6.07) is 7.45. The van der Waals surface area contributed by atoms with Crippen LogP contribution in [0.1, 0.15) is 19.4 Å². The fourth-order valence-corrected chi connectivity index (χ4v) is 3.93. The van der Waals surface area contributed by atoms with Gasteiger partial charge in [-0.15, -0.1) is 0 Å². The first-order valence-electron chi connectivity index (χ1n) is 7.24. The minimum atomic E-state index is -1.36. The highest BCUT2D eigenvalue weighted by atomic mass is 127. The van der Waals surface area contributed by atoms with Crippen molar-refractivity contribution < 1.29 is 19.4 Å². The number of fused-ring (bicyclic) bond motifs is 1. The number of hydrogen-bond donors (Lipinski definition) is 2. The molecule has 0 aromatic heterocycles. The first-order valence-corrected chi connectivity index (χ1v) is 8.86. The molecule has 2 atom stereocenters. The van der Waals surface area contributed by atoms with Crippen LogP contribution in [0, 0.1) is 0 Å². The van der Waals surface area contributed by atoms with Gasteiger partial charge in [-0.1, -0.05) is 46.3 Å². The number of carboxylic acid groups (broad SMARTS) is 1. The molecule has 2 N–H and O–H groups in total. The average molecular weight is 460 g/mol. The van der Waals surface area contributed by atoms with E-state index in [0.717, 1.165) is 11.1 Å². The summed E-state index contributed by atoms with van der Waals surface area (Å²) in [4.78, 5) is 11.0. The van der Waals surface area contributed by atoms with Crippen LogP contribution in [0.2, 0.25) is 5.02 Å². The number of nitrogens with one attached hydrogen (secondary N) is 1. The molecule has 0 radical (unpaired) electrons. The van der Waals surface area contributed by atoms with E-state index in [-0.39, 0.29) is 9.68 Å². The molecule has 1 aromatic carbocycles. The lowest BCUT2D eigenvalue weighted by molar-refractivity contribution is 0.0786. The summed E-state index contributed by atoms with van der Waals surface area (Å²) < 4.78 is 11.1. The molecular weight excluding hydrogens is 445 g/mol. The Morgan fingerprint density at radius 1 is 1.42 bits per heavy atom. The zero-order valence-corrected chi connectivity index (χ0v) is 15.9. The molecule has 0 fully saturated rings. The molecule has 0 aliphatic carbocycles. The third-order valence-electron chi connectivity index (χ3n) is 4.09. The number of dihydropyridines is 1. The summed E-state index contributed by atoms with van der Waals surface area (Å²) in [5.41, 5.74) is 2.26. The second-order valence-electron chi connectivity index (χ2n) is 5.53. The SMILES string of the molecule is CC1=C(OC(=O)O)C2=COC(c3ccc(Cl)cc3)(C(C)I)C2=CN1. The van der Waals surface area contributed by atoms with Gasteiger partial charge in [0.15, 0.2) is 11.4 Å². The van der Waals surface area contributed by atoms with Gasteiger partial charge in [0.25, 0.3) is 0 Å². The number of alkyl halides is 1. The zero-order chi connectivity index (χ0) is 17.5. The molecule has 0 amide bonds. The number of carbonyl (C=O) groups is 1. The highest BCUT2D eigenvalue weighted by molar-refractivity contribution is 14.1. The molecule has 0 bridgehead atoms. The van der Waals surface area contributed by atoms with Crippen LogP contribution >= 0.6 is 34.2 Å². The molecule has 24 heavy (non-hydrogen) atoms. The Hall–Kier alpha value is -1.67. The number of rotatable bonds is 3. The number of ether oxygens (including phenoxy) is 2. The largest absolute Gasteiger partial charge is 0.511 e. The van der Waals surface area contributed by atoms with E-state index in [1.54, 1.807) is 13.2 Å². The van der Waals surface area contributed by atoms with Gasteiger partial charge in [-0.05, 0) is 26.0 Å². The van der Waals surface area contributed by atoms with Crippen LogP contribution in [0.15, 0.2) is 59.3 Å². The quantitative estimate of drug-likeness (QED) is 0.390. The van der Waals surface area contributed by atoms with Crippen molar-refractivity contribution in [3.05, 3.63) is 69.9 Å². The summed E-state index contributed by atoms with van der Waals surface area (Å²) in [6.07, 6.45) is 2.05. The van der Waals surface area contributed by atoms with E-state index in [4.69, 9.17) is 26.2 Å². The summed E-state index contributed by atoms with van der Waals surface area (Å²) in [6.45, 7) is 3.79. The number of benzene rings is 1. The minimum Gasteiger partial charge on any atom is -0.483 e. The summed E-state index contributed by atoms with van der Waals surface area (Å²) in [5, 5.41) is 12.7. The number of allylic oxidation sites excluding steroid dienone is 2. The van der Waals surface area contributed by atoms with Gasteiger partial charge < -0.3 is 19.9 Å². The minimum absolute atomic E-state index is 0.0579. The van der Waals surface area contributed by atoms with Crippen LogP contribution in [-0.4, -0.2) is 15.2 Å². The molecule has 0 spiro atoms. The summed E-state index contributed by atoms with van der Waals surface area (Å²) in [5.74, 6) is 0.257. The molecule has 2 heterocycles. The number of hydrogen-bond acceptors (Lipinski definition) is 4. The van der Waals surface area contributed by atoms with Gasteiger partial charge in [-0.3, -0.25) is 0 Å². The van der Waals surface area contributed by atoms with Gasteiger partial charge in [0.1, 0.15) is 0 Å². The highest BCUT2D eigenvalue weighted by Crippen LogP contribution is 2.51. The van der Waals surface area contributed by atoms with Gasteiger partial charge in [-0.2, -0.15) is 0 Å². The Morgan fingerprint density at radius 2 is 2.08 bits per heavy atom. The Balaban J connectivity index is 2.08. The monoisotopic (exact) mass is 459 g/mol. The van der Waals surface area contributed by atoms with Crippen molar-refractivity contribution in [3.8, 4) is 0 Å². The van der Waals surface area contributed by atoms with Crippen LogP contribution in [0.25, 0.3) is 0 Å². The van der Waals surface area contributed by atoms with E-state index in [1.165, 1.54) is 0 Å². The van der Waals surface area contributed by atoms with Crippen molar-refractivity contribution in [1.29, 1.82) is 0 Å². The Bertz CT molecular complexity index is 782. The Morgan fingerprint density at radius 3 is 2.67 bits per heavy atom. The smallest absolute Gasteiger partial charge is 0.483 e.